The normalized spacial score (nSPS) is 23.1. The molecule has 1 spiro atoms. The van der Waals surface area contributed by atoms with Gasteiger partial charge in [-0.15, -0.1) is 0 Å². The van der Waals surface area contributed by atoms with Gasteiger partial charge in [0.2, 0.25) is 0 Å². The molecule has 1 atom stereocenters. The Morgan fingerprint density at radius 3 is 2.53 bits per heavy atom. The number of hydrogen-bond donors (Lipinski definition) is 0. The van der Waals surface area contributed by atoms with E-state index in [1.54, 1.807) is 17.0 Å². The van der Waals surface area contributed by atoms with Gasteiger partial charge in [-0.05, 0) is 44.0 Å². The summed E-state index contributed by atoms with van der Waals surface area (Å²) in [5.41, 5.74) is 0.498. The molecule has 5 rings (SSSR count). The predicted octanol–water partition coefficient (Wildman–Crippen LogP) is 3.51. The maximum Gasteiger partial charge on any atom is 0.416 e. The van der Waals surface area contributed by atoms with Crippen molar-refractivity contribution in [3.8, 4) is 0 Å². The van der Waals surface area contributed by atoms with Gasteiger partial charge in [-0.2, -0.15) is 23.0 Å². The minimum absolute atomic E-state index is 0.141. The molecule has 1 aromatic carbocycles. The van der Waals surface area contributed by atoms with E-state index in [4.69, 9.17) is 4.74 Å². The molecule has 11 heteroatoms. The van der Waals surface area contributed by atoms with Crippen molar-refractivity contribution in [3.05, 3.63) is 47.3 Å². The molecule has 4 heterocycles. The van der Waals surface area contributed by atoms with Crippen LogP contribution in [0, 0.1) is 5.41 Å². The van der Waals surface area contributed by atoms with Crippen molar-refractivity contribution in [2.24, 2.45) is 5.41 Å². The number of Topliss-reactive ketones (excluding diaryl/α,β-unsaturated/α-hetero) is 1. The number of carbonyl (C=O) groups excluding carboxylic acids is 2. The number of nitrogens with zero attached hydrogens (tertiary/aromatic N) is 5. The standard InChI is InChI=1S/C25H30F3N5O3/c1-18(34)20-13-29-33(15-20)23(35)32-7-5-24(17-32)4-6-30(16-24)14-19-2-3-21(12-22(19)25(26,27)28)31-8-10-36-11-9-31/h2-3,12-13,15H,4-11,14,16-17H2,1H3/t24-/m0/s1. The Morgan fingerprint density at radius 1 is 1.08 bits per heavy atom. The molecular weight excluding hydrogens is 475 g/mol. The average molecular weight is 506 g/mol. The summed E-state index contributed by atoms with van der Waals surface area (Å²) in [4.78, 5) is 30.1. The number of anilines is 1. The molecule has 0 bridgehead atoms. The van der Waals surface area contributed by atoms with Crippen molar-refractivity contribution in [2.45, 2.75) is 32.5 Å². The summed E-state index contributed by atoms with van der Waals surface area (Å²) >= 11 is 0. The topological polar surface area (TPSA) is 70.9 Å². The van der Waals surface area contributed by atoms with Crippen LogP contribution in [0.25, 0.3) is 0 Å². The maximum absolute atomic E-state index is 14.0. The van der Waals surface area contributed by atoms with E-state index in [0.29, 0.717) is 63.7 Å². The van der Waals surface area contributed by atoms with Crippen LogP contribution in [0.15, 0.2) is 30.6 Å². The smallest absolute Gasteiger partial charge is 0.378 e. The summed E-state index contributed by atoms with van der Waals surface area (Å²) in [6, 6.07) is 4.36. The highest BCUT2D eigenvalue weighted by Gasteiger charge is 2.45. The Morgan fingerprint density at radius 2 is 1.83 bits per heavy atom. The van der Waals surface area contributed by atoms with E-state index < -0.39 is 11.7 Å². The lowest BCUT2D eigenvalue weighted by Gasteiger charge is -2.30. The molecule has 3 aliphatic heterocycles. The summed E-state index contributed by atoms with van der Waals surface area (Å²) in [5, 5.41) is 4.02. The number of carbonyl (C=O) groups is 2. The minimum atomic E-state index is -4.44. The van der Waals surface area contributed by atoms with E-state index in [2.05, 4.69) is 10.00 Å². The van der Waals surface area contributed by atoms with Gasteiger partial charge in [0.1, 0.15) is 0 Å². The van der Waals surface area contributed by atoms with Crippen molar-refractivity contribution >= 4 is 17.5 Å². The fraction of sp³-hybridized carbons (Fsp3) is 0.560. The van der Waals surface area contributed by atoms with E-state index in [-0.39, 0.29) is 29.3 Å². The third-order valence-electron chi connectivity index (χ3n) is 7.58. The highest BCUT2D eigenvalue weighted by atomic mass is 19.4. The number of aromatic nitrogens is 2. The molecule has 0 N–H and O–H groups in total. The van der Waals surface area contributed by atoms with Crippen molar-refractivity contribution < 1.29 is 27.5 Å². The van der Waals surface area contributed by atoms with Crippen molar-refractivity contribution in [1.82, 2.24) is 19.6 Å². The van der Waals surface area contributed by atoms with Crippen molar-refractivity contribution in [1.29, 1.82) is 0 Å². The first-order valence-corrected chi connectivity index (χ1v) is 12.2. The average Bonchev–Trinajstić information content (AvgIpc) is 3.60. The molecule has 36 heavy (non-hydrogen) atoms. The third-order valence-corrected chi connectivity index (χ3v) is 7.58. The van der Waals surface area contributed by atoms with Crippen LogP contribution in [-0.4, -0.2) is 83.9 Å². The zero-order valence-corrected chi connectivity index (χ0v) is 20.3. The first-order chi connectivity index (χ1) is 17.1. The van der Waals surface area contributed by atoms with Gasteiger partial charge < -0.3 is 14.5 Å². The molecule has 2 aromatic rings. The van der Waals surface area contributed by atoms with Gasteiger partial charge >= 0.3 is 12.2 Å². The van der Waals surface area contributed by atoms with Crippen molar-refractivity contribution in [3.63, 3.8) is 0 Å². The van der Waals surface area contributed by atoms with Crippen LogP contribution in [0.4, 0.5) is 23.7 Å². The van der Waals surface area contributed by atoms with Gasteiger partial charge in [-0.25, -0.2) is 4.79 Å². The number of rotatable bonds is 4. The number of ether oxygens (including phenoxy) is 1. The second kappa shape index (κ2) is 9.51. The molecule has 1 amide bonds. The largest absolute Gasteiger partial charge is 0.416 e. The lowest BCUT2D eigenvalue weighted by Crippen LogP contribution is -2.36. The molecule has 3 saturated heterocycles. The highest BCUT2D eigenvalue weighted by Crippen LogP contribution is 2.41. The number of halogens is 3. The van der Waals surface area contributed by atoms with Crippen molar-refractivity contribution in [2.75, 3.05) is 57.4 Å². The Bertz CT molecular complexity index is 1140. The van der Waals surface area contributed by atoms with Crippen LogP contribution >= 0.6 is 0 Å². The Balaban J connectivity index is 1.26. The fourth-order valence-electron chi connectivity index (χ4n) is 5.57. The Hall–Kier alpha value is -2.92. The first kappa shape index (κ1) is 24.8. The van der Waals surface area contributed by atoms with Gasteiger partial charge in [-0.1, -0.05) is 6.07 Å². The van der Waals surface area contributed by atoms with E-state index in [0.717, 1.165) is 12.8 Å². The van der Waals surface area contributed by atoms with Gasteiger partial charge in [0.05, 0.1) is 30.5 Å². The lowest BCUT2D eigenvalue weighted by molar-refractivity contribution is -0.138. The van der Waals surface area contributed by atoms with Crippen LogP contribution in [0.2, 0.25) is 0 Å². The number of benzene rings is 1. The molecule has 0 saturated carbocycles. The summed E-state index contributed by atoms with van der Waals surface area (Å²) in [7, 11) is 0. The molecule has 1 aromatic heterocycles. The van der Waals surface area contributed by atoms with E-state index in [1.165, 1.54) is 30.1 Å². The Kier molecular flexibility index (Phi) is 6.54. The summed E-state index contributed by atoms with van der Waals surface area (Å²) < 4.78 is 48.5. The van der Waals surface area contributed by atoms with Crippen LogP contribution < -0.4 is 4.90 Å². The molecule has 194 valence electrons. The number of likely N-dealkylation sites (tertiary alicyclic amines) is 2. The summed E-state index contributed by atoms with van der Waals surface area (Å²) in [6.45, 7) is 6.22. The number of ketones is 1. The molecule has 0 unspecified atom stereocenters. The number of amides is 1. The van der Waals surface area contributed by atoms with Crippen LogP contribution in [0.3, 0.4) is 0 Å². The lowest BCUT2D eigenvalue weighted by atomic mass is 9.86. The van der Waals surface area contributed by atoms with Crippen LogP contribution in [-0.2, 0) is 17.5 Å². The molecule has 0 radical (unpaired) electrons. The van der Waals surface area contributed by atoms with Crippen LogP contribution in [0.1, 0.15) is 41.3 Å². The highest BCUT2D eigenvalue weighted by molar-refractivity contribution is 5.94. The second-order valence-electron chi connectivity index (χ2n) is 10.1. The zero-order chi connectivity index (χ0) is 25.5. The van der Waals surface area contributed by atoms with E-state index >= 15 is 0 Å². The quantitative estimate of drug-likeness (QED) is 0.593. The van der Waals surface area contributed by atoms with Gasteiger partial charge in [0, 0.05) is 56.6 Å². The van der Waals surface area contributed by atoms with E-state index in [1.807, 2.05) is 4.90 Å². The number of hydrogen-bond acceptors (Lipinski definition) is 6. The molecule has 3 fully saturated rings. The fourth-order valence-corrected chi connectivity index (χ4v) is 5.57. The van der Waals surface area contributed by atoms with Gasteiger partial charge in [-0.3, -0.25) is 9.69 Å². The molecular formula is C25H30F3N5O3. The van der Waals surface area contributed by atoms with Crippen LogP contribution in [0.5, 0.6) is 0 Å². The van der Waals surface area contributed by atoms with Gasteiger partial charge in [0.15, 0.2) is 5.78 Å². The third kappa shape index (κ3) is 4.99. The zero-order valence-electron chi connectivity index (χ0n) is 20.3. The SMILES string of the molecule is CC(=O)c1cnn(C(=O)N2CC[C@]3(CCN(Cc4ccc(N5CCOCC5)cc4C(F)(F)F)C3)C2)c1. The summed E-state index contributed by atoms with van der Waals surface area (Å²) in [6.07, 6.45) is -0.00409. The van der Waals surface area contributed by atoms with E-state index in [9.17, 15) is 22.8 Å². The summed E-state index contributed by atoms with van der Waals surface area (Å²) in [5.74, 6) is -0.158. The number of alkyl halides is 3. The molecule has 0 aliphatic carbocycles. The minimum Gasteiger partial charge on any atom is -0.378 e. The second-order valence-corrected chi connectivity index (χ2v) is 10.1. The predicted molar refractivity (Wildman–Crippen MR) is 126 cm³/mol. The number of morpholine rings is 1. The molecule has 3 aliphatic rings. The monoisotopic (exact) mass is 505 g/mol. The van der Waals surface area contributed by atoms with Gasteiger partial charge in [0.25, 0.3) is 0 Å². The Labute approximate surface area is 207 Å². The molecule has 8 nitrogen and oxygen atoms in total. The first-order valence-electron chi connectivity index (χ1n) is 12.2. The maximum atomic E-state index is 14.0.